The fourth-order valence-corrected chi connectivity index (χ4v) is 2.34. The second-order valence-corrected chi connectivity index (χ2v) is 5.57. The molecule has 0 amide bonds. The van der Waals surface area contributed by atoms with Gasteiger partial charge in [-0.15, -0.1) is 0 Å². The van der Waals surface area contributed by atoms with E-state index in [1.54, 1.807) is 30.3 Å². The second kappa shape index (κ2) is 8.28. The van der Waals surface area contributed by atoms with Gasteiger partial charge in [0.05, 0.1) is 9.95 Å². The second-order valence-electron chi connectivity index (χ2n) is 5.17. The van der Waals surface area contributed by atoms with Gasteiger partial charge in [0, 0.05) is 11.6 Å². The Bertz CT molecular complexity index is 975. The molecule has 0 N–H and O–H groups in total. The molecule has 138 valence electrons. The van der Waals surface area contributed by atoms with Crippen LogP contribution in [-0.2, 0) is 16.1 Å². The number of hydrogen-bond donors (Lipinski definition) is 0. The Morgan fingerprint density at radius 1 is 1.19 bits per heavy atom. The SMILES string of the molecule is O=C(COc1ccccc1[N+](=O)[O-])OCc1nc(-c2ccccc2Cl)no1. The van der Waals surface area contributed by atoms with Gasteiger partial charge in [-0.2, -0.15) is 4.98 Å². The summed E-state index contributed by atoms with van der Waals surface area (Å²) in [6, 6.07) is 12.7. The zero-order chi connectivity index (χ0) is 19.2. The van der Waals surface area contributed by atoms with Crippen molar-refractivity contribution < 1.29 is 23.7 Å². The van der Waals surface area contributed by atoms with Crippen LogP contribution in [-0.4, -0.2) is 27.6 Å². The molecule has 0 aliphatic rings. The average Bonchev–Trinajstić information content (AvgIpc) is 3.14. The highest BCUT2D eigenvalue weighted by Gasteiger charge is 2.16. The molecule has 0 spiro atoms. The summed E-state index contributed by atoms with van der Waals surface area (Å²) in [7, 11) is 0. The van der Waals surface area contributed by atoms with Gasteiger partial charge in [-0.1, -0.05) is 41.0 Å². The molecule has 0 unspecified atom stereocenters. The molecule has 0 fully saturated rings. The number of carbonyl (C=O) groups excluding carboxylic acids is 1. The van der Waals surface area contributed by atoms with E-state index in [1.807, 2.05) is 0 Å². The van der Waals surface area contributed by atoms with Crippen LogP contribution in [0.1, 0.15) is 5.89 Å². The van der Waals surface area contributed by atoms with Crippen molar-refractivity contribution in [3.05, 3.63) is 69.6 Å². The summed E-state index contributed by atoms with van der Waals surface area (Å²) in [4.78, 5) is 26.2. The number of hydrogen-bond acceptors (Lipinski definition) is 8. The Labute approximate surface area is 157 Å². The van der Waals surface area contributed by atoms with Crippen molar-refractivity contribution >= 4 is 23.3 Å². The number of benzene rings is 2. The van der Waals surface area contributed by atoms with E-state index in [9.17, 15) is 14.9 Å². The topological polar surface area (TPSA) is 118 Å². The lowest BCUT2D eigenvalue weighted by Crippen LogP contribution is -2.15. The van der Waals surface area contributed by atoms with Crippen molar-refractivity contribution in [1.29, 1.82) is 0 Å². The van der Waals surface area contributed by atoms with E-state index >= 15 is 0 Å². The molecule has 0 atom stereocenters. The number of carbonyl (C=O) groups is 1. The van der Waals surface area contributed by atoms with Crippen molar-refractivity contribution in [2.45, 2.75) is 6.61 Å². The molecule has 0 aliphatic heterocycles. The van der Waals surface area contributed by atoms with E-state index in [0.717, 1.165) is 0 Å². The number of aromatic nitrogens is 2. The van der Waals surface area contributed by atoms with E-state index < -0.39 is 17.5 Å². The third-order valence-corrected chi connectivity index (χ3v) is 3.68. The van der Waals surface area contributed by atoms with Crippen molar-refractivity contribution in [2.24, 2.45) is 0 Å². The first kappa shape index (κ1) is 18.3. The maximum Gasteiger partial charge on any atom is 0.344 e. The maximum atomic E-state index is 11.8. The monoisotopic (exact) mass is 389 g/mol. The van der Waals surface area contributed by atoms with Gasteiger partial charge >= 0.3 is 11.7 Å². The summed E-state index contributed by atoms with van der Waals surface area (Å²) in [6.45, 7) is -0.771. The summed E-state index contributed by atoms with van der Waals surface area (Å²) in [6.07, 6.45) is 0. The Hall–Kier alpha value is -3.46. The number of para-hydroxylation sites is 2. The minimum Gasteiger partial charge on any atom is -0.475 e. The zero-order valence-corrected chi connectivity index (χ0v) is 14.5. The van der Waals surface area contributed by atoms with Gasteiger partial charge in [-0.25, -0.2) is 4.79 Å². The predicted molar refractivity (Wildman–Crippen MR) is 93.1 cm³/mol. The minimum atomic E-state index is -0.745. The fraction of sp³-hybridized carbons (Fsp3) is 0.118. The van der Waals surface area contributed by atoms with E-state index in [2.05, 4.69) is 10.1 Å². The molecule has 10 heteroatoms. The number of ether oxygens (including phenoxy) is 2. The molecular weight excluding hydrogens is 378 g/mol. The predicted octanol–water partition coefficient (Wildman–Crippen LogP) is 3.42. The molecule has 3 aromatic rings. The van der Waals surface area contributed by atoms with E-state index in [4.69, 9.17) is 25.6 Å². The van der Waals surface area contributed by atoms with Gasteiger partial charge in [-0.05, 0) is 18.2 Å². The van der Waals surface area contributed by atoms with Crippen LogP contribution in [0.25, 0.3) is 11.4 Å². The normalized spacial score (nSPS) is 10.4. The number of rotatable bonds is 7. The van der Waals surface area contributed by atoms with Crippen molar-refractivity contribution in [1.82, 2.24) is 10.1 Å². The number of halogens is 1. The maximum absolute atomic E-state index is 11.8. The highest BCUT2D eigenvalue weighted by atomic mass is 35.5. The lowest BCUT2D eigenvalue weighted by Gasteiger charge is -2.05. The molecule has 27 heavy (non-hydrogen) atoms. The van der Waals surface area contributed by atoms with Gasteiger partial charge in [0.1, 0.15) is 0 Å². The van der Waals surface area contributed by atoms with Gasteiger partial charge < -0.3 is 14.0 Å². The van der Waals surface area contributed by atoms with Gasteiger partial charge in [0.15, 0.2) is 19.0 Å². The summed E-state index contributed by atoms with van der Waals surface area (Å²) >= 11 is 6.06. The summed E-state index contributed by atoms with van der Waals surface area (Å²) in [5.41, 5.74) is 0.340. The number of nitro benzene ring substituents is 1. The third-order valence-electron chi connectivity index (χ3n) is 3.35. The number of esters is 1. The Morgan fingerprint density at radius 3 is 2.70 bits per heavy atom. The lowest BCUT2D eigenvalue weighted by molar-refractivity contribution is -0.385. The largest absolute Gasteiger partial charge is 0.475 e. The van der Waals surface area contributed by atoms with Crippen LogP contribution in [0.3, 0.4) is 0 Å². The van der Waals surface area contributed by atoms with Gasteiger partial charge in [-0.3, -0.25) is 10.1 Å². The highest BCUT2D eigenvalue weighted by Crippen LogP contribution is 2.26. The quantitative estimate of drug-likeness (QED) is 0.342. The lowest BCUT2D eigenvalue weighted by atomic mass is 10.2. The van der Waals surface area contributed by atoms with Crippen molar-refractivity contribution in [2.75, 3.05) is 6.61 Å². The first-order valence-electron chi connectivity index (χ1n) is 7.64. The molecule has 0 bridgehead atoms. The molecule has 0 saturated heterocycles. The molecular formula is C17H12ClN3O6. The van der Waals surface area contributed by atoms with Crippen LogP contribution < -0.4 is 4.74 Å². The van der Waals surface area contributed by atoms with E-state index in [-0.39, 0.29) is 29.8 Å². The summed E-state index contributed by atoms with van der Waals surface area (Å²) in [5, 5.41) is 15.1. The van der Waals surface area contributed by atoms with Crippen molar-refractivity contribution in [3.63, 3.8) is 0 Å². The number of nitrogens with zero attached hydrogens (tertiary/aromatic N) is 3. The average molecular weight is 390 g/mol. The highest BCUT2D eigenvalue weighted by molar-refractivity contribution is 6.33. The summed E-state index contributed by atoms with van der Waals surface area (Å²) in [5.74, 6) is -0.435. The first-order chi connectivity index (χ1) is 13.0. The molecule has 1 aromatic heterocycles. The number of nitro groups is 1. The van der Waals surface area contributed by atoms with Crippen LogP contribution in [0, 0.1) is 10.1 Å². The van der Waals surface area contributed by atoms with E-state index in [0.29, 0.717) is 10.6 Å². The molecule has 0 saturated carbocycles. The molecule has 0 aliphatic carbocycles. The molecule has 2 aromatic carbocycles. The van der Waals surface area contributed by atoms with Crippen molar-refractivity contribution in [3.8, 4) is 17.1 Å². The Kier molecular flexibility index (Phi) is 5.62. The first-order valence-corrected chi connectivity index (χ1v) is 8.01. The van der Waals surface area contributed by atoms with Gasteiger partial charge in [0.25, 0.3) is 5.89 Å². The minimum absolute atomic E-state index is 0.0294. The van der Waals surface area contributed by atoms with Crippen LogP contribution in [0.2, 0.25) is 5.02 Å². The van der Waals surface area contributed by atoms with Crippen LogP contribution in [0.5, 0.6) is 5.75 Å². The van der Waals surface area contributed by atoms with E-state index in [1.165, 1.54) is 18.2 Å². The third kappa shape index (κ3) is 4.59. The smallest absolute Gasteiger partial charge is 0.344 e. The van der Waals surface area contributed by atoms with Gasteiger partial charge in [0.2, 0.25) is 5.82 Å². The fourth-order valence-electron chi connectivity index (χ4n) is 2.12. The van der Waals surface area contributed by atoms with Crippen LogP contribution >= 0.6 is 11.6 Å². The van der Waals surface area contributed by atoms with Crippen LogP contribution in [0.15, 0.2) is 53.1 Å². The molecule has 9 nitrogen and oxygen atoms in total. The summed E-state index contributed by atoms with van der Waals surface area (Å²) < 4.78 is 15.1. The molecule has 0 radical (unpaired) electrons. The Balaban J connectivity index is 1.55. The molecule has 1 heterocycles. The molecule has 3 rings (SSSR count). The Morgan fingerprint density at radius 2 is 1.93 bits per heavy atom. The zero-order valence-electron chi connectivity index (χ0n) is 13.7. The van der Waals surface area contributed by atoms with Crippen LogP contribution in [0.4, 0.5) is 5.69 Å². The standard InChI is InChI=1S/C17H12ClN3O6/c18-12-6-2-1-5-11(12)17-19-15(27-20-17)9-26-16(22)10-25-14-8-4-3-7-13(14)21(23)24/h1-8H,9-10H2.